The Labute approximate surface area is 458 Å². The lowest BCUT2D eigenvalue weighted by molar-refractivity contribution is -0.136. The number of anilines is 6. The second-order valence-electron chi connectivity index (χ2n) is 23.0. The molecular formula is C57H68BrN12O6P. The van der Waals surface area contributed by atoms with Crippen molar-refractivity contribution in [3.05, 3.63) is 82.2 Å². The summed E-state index contributed by atoms with van der Waals surface area (Å²) in [7, 11) is -1.06. The van der Waals surface area contributed by atoms with Gasteiger partial charge < -0.3 is 39.5 Å². The van der Waals surface area contributed by atoms with Gasteiger partial charge in [-0.25, -0.2) is 4.98 Å². The predicted octanol–water partition coefficient (Wildman–Crippen LogP) is 8.27. The predicted molar refractivity (Wildman–Crippen MR) is 302 cm³/mol. The highest BCUT2D eigenvalue weighted by Crippen LogP contribution is 2.49. The molecule has 12 rings (SSSR count). The van der Waals surface area contributed by atoms with Crippen molar-refractivity contribution in [2.75, 3.05) is 99.8 Å². The summed E-state index contributed by atoms with van der Waals surface area (Å²) in [6, 6.07) is 13.4. The van der Waals surface area contributed by atoms with Crippen molar-refractivity contribution in [1.29, 1.82) is 0 Å². The average molecular weight is 1130 g/mol. The summed E-state index contributed by atoms with van der Waals surface area (Å²) in [6.45, 7) is 13.1. The number of hydrogen-bond donors (Lipinski definition) is 3. The van der Waals surface area contributed by atoms with Gasteiger partial charge in [-0.2, -0.15) is 4.98 Å². The van der Waals surface area contributed by atoms with E-state index in [1.54, 1.807) is 45.1 Å². The first kappa shape index (κ1) is 51.7. The second-order valence-corrected chi connectivity index (χ2v) is 27.0. The molecule has 2 aromatic heterocycles. The van der Waals surface area contributed by atoms with Gasteiger partial charge in [-0.05, 0) is 185 Å². The standard InChI is InChI=1S/C57H68BrN12O6P/c1-76-48-31-47(40(36-5-6-36)30-45(48)63-56-61-32-42(58)52(65-56)62-44-10-9-43-50(60-21-20-59-43)51(44)77(2,3)75)68-25-15-37(16-26-68)67-23-13-35(14-24-67)33-66-27-18-57(19-28-66)17-4-22-69(34-57)38-7-8-39-41(29-38)55(74)70(54(39)73)46-11-12-49(71)64-53(46)72/h7-10,20-21,29-32,35-37,46H,4-6,11-19,22-28,33-34H2,1-3H3,(H,64,71,72)(H2,61,62,63,65). The van der Waals surface area contributed by atoms with E-state index < -0.39 is 30.9 Å². The summed E-state index contributed by atoms with van der Waals surface area (Å²) in [5.74, 6) is 1.01. The van der Waals surface area contributed by atoms with Crippen molar-refractivity contribution in [2.45, 2.75) is 95.1 Å². The van der Waals surface area contributed by atoms with E-state index in [9.17, 15) is 23.7 Å². The number of imide groups is 2. The van der Waals surface area contributed by atoms with Crippen LogP contribution in [0.3, 0.4) is 0 Å². The average Bonchev–Trinajstić information content (AvgIpc) is 4.26. The van der Waals surface area contributed by atoms with Crippen LogP contribution in [0.2, 0.25) is 0 Å². The first-order chi connectivity index (χ1) is 37.2. The van der Waals surface area contributed by atoms with Crippen LogP contribution < -0.4 is 35.8 Å². The van der Waals surface area contributed by atoms with E-state index in [0.717, 1.165) is 106 Å². The Morgan fingerprint density at radius 1 is 0.792 bits per heavy atom. The maximum absolute atomic E-state index is 13.6. The molecule has 0 bridgehead atoms. The molecule has 0 radical (unpaired) electrons. The highest BCUT2D eigenvalue weighted by atomic mass is 79.9. The molecule has 1 spiro atoms. The molecule has 404 valence electrons. The lowest BCUT2D eigenvalue weighted by atomic mass is 9.72. The number of fused-ring (bicyclic) bond motifs is 2. The second kappa shape index (κ2) is 21.0. The molecule has 5 saturated heterocycles. The van der Waals surface area contributed by atoms with Crippen molar-refractivity contribution >= 4 is 97.6 Å². The van der Waals surface area contributed by atoms with Crippen LogP contribution in [-0.2, 0) is 14.2 Å². The van der Waals surface area contributed by atoms with Crippen molar-refractivity contribution in [1.82, 2.24) is 40.0 Å². The van der Waals surface area contributed by atoms with Gasteiger partial charge in [-0.1, -0.05) is 0 Å². The number of likely N-dealkylation sites (tertiary alicyclic amines) is 2. The van der Waals surface area contributed by atoms with Crippen molar-refractivity contribution in [3.8, 4) is 5.75 Å². The molecule has 7 aliphatic rings. The summed E-state index contributed by atoms with van der Waals surface area (Å²) in [5.41, 5.74) is 7.22. The lowest BCUT2D eigenvalue weighted by Crippen LogP contribution is -2.54. The molecule has 5 aromatic rings. The summed E-state index contributed by atoms with van der Waals surface area (Å²) in [5, 5.41) is 9.80. The molecule has 6 fully saturated rings. The molecular weight excluding hydrogens is 1060 g/mol. The minimum absolute atomic E-state index is 0.104. The Hall–Kier alpha value is -6.01. The number of piperidine rings is 5. The van der Waals surface area contributed by atoms with Gasteiger partial charge in [0, 0.05) is 81.2 Å². The first-order valence-electron chi connectivity index (χ1n) is 27.6. The van der Waals surface area contributed by atoms with Crippen LogP contribution >= 0.6 is 23.1 Å². The third kappa shape index (κ3) is 10.4. The molecule has 8 heterocycles. The maximum Gasteiger partial charge on any atom is 0.262 e. The van der Waals surface area contributed by atoms with Crippen LogP contribution in [0.5, 0.6) is 5.75 Å². The van der Waals surface area contributed by atoms with Crippen molar-refractivity contribution < 1.29 is 28.5 Å². The zero-order valence-electron chi connectivity index (χ0n) is 44.2. The van der Waals surface area contributed by atoms with Gasteiger partial charge in [0.25, 0.3) is 11.8 Å². The Balaban J connectivity index is 0.627. The lowest BCUT2D eigenvalue weighted by Gasteiger charge is -2.49. The summed E-state index contributed by atoms with van der Waals surface area (Å²) >= 11 is 3.63. The first-order valence-corrected chi connectivity index (χ1v) is 31.0. The number of hydrogen-bond acceptors (Lipinski definition) is 16. The highest BCUT2D eigenvalue weighted by molar-refractivity contribution is 9.10. The van der Waals surface area contributed by atoms with Crippen LogP contribution in [0.4, 0.5) is 34.5 Å². The van der Waals surface area contributed by atoms with Crippen LogP contribution in [-0.4, -0.2) is 150 Å². The summed E-state index contributed by atoms with van der Waals surface area (Å²) in [6.07, 6.45) is 16.9. The number of aromatic nitrogens is 4. The molecule has 1 aliphatic carbocycles. The Morgan fingerprint density at radius 3 is 2.30 bits per heavy atom. The van der Waals surface area contributed by atoms with E-state index in [1.807, 2.05) is 24.3 Å². The summed E-state index contributed by atoms with van der Waals surface area (Å²) < 4.78 is 20.3. The van der Waals surface area contributed by atoms with E-state index in [-0.39, 0.29) is 24.2 Å². The van der Waals surface area contributed by atoms with Crippen LogP contribution in [0, 0.1) is 11.3 Å². The number of carbonyl (C=O) groups excluding carboxylic acids is 4. The largest absolute Gasteiger partial charge is 0.494 e. The molecule has 3 aromatic carbocycles. The molecule has 3 N–H and O–H groups in total. The third-order valence-corrected chi connectivity index (χ3v) is 19.7. The van der Waals surface area contributed by atoms with Gasteiger partial charge in [0.15, 0.2) is 0 Å². The molecule has 4 amide bonds. The van der Waals surface area contributed by atoms with Crippen molar-refractivity contribution in [3.63, 3.8) is 0 Å². The SMILES string of the molecule is COc1cc(N2CCC(N3CCC(CN4CCC5(CCCN(c6ccc7c(c6)C(=O)N(C6CCC(=O)NC6=O)C7=O)C5)CC4)CC3)CC2)c(C2CC2)cc1Nc1ncc(Br)c(Nc2ccc3nccnc3c2P(C)(C)=O)n1. The Morgan fingerprint density at radius 2 is 1.56 bits per heavy atom. The normalized spacial score (nSPS) is 22.0. The smallest absolute Gasteiger partial charge is 0.262 e. The van der Waals surface area contributed by atoms with Crippen LogP contribution in [0.25, 0.3) is 11.0 Å². The zero-order chi connectivity index (χ0) is 53.2. The molecule has 77 heavy (non-hydrogen) atoms. The topological polar surface area (TPSA) is 198 Å². The fourth-order valence-electron chi connectivity index (χ4n) is 13.3. The number of ether oxygens (including phenoxy) is 1. The minimum Gasteiger partial charge on any atom is -0.494 e. The van der Waals surface area contributed by atoms with Gasteiger partial charge in [0.2, 0.25) is 17.8 Å². The third-order valence-electron chi connectivity index (χ3n) is 17.6. The maximum atomic E-state index is 13.6. The van der Waals surface area contributed by atoms with Gasteiger partial charge in [0.1, 0.15) is 30.3 Å². The van der Waals surface area contributed by atoms with E-state index in [4.69, 9.17) is 9.72 Å². The fourth-order valence-corrected chi connectivity index (χ4v) is 15.0. The zero-order valence-corrected chi connectivity index (χ0v) is 46.7. The number of carbonyl (C=O) groups is 4. The number of rotatable bonds is 13. The Bertz CT molecular complexity index is 3200. The fraction of sp³-hybridized carbons (Fsp3) is 0.509. The molecule has 1 atom stereocenters. The van der Waals surface area contributed by atoms with Crippen molar-refractivity contribution in [2.24, 2.45) is 11.3 Å². The monoisotopic (exact) mass is 1130 g/mol. The van der Waals surface area contributed by atoms with Crippen LogP contribution in [0.1, 0.15) is 109 Å². The number of halogens is 1. The van der Waals surface area contributed by atoms with E-state index in [0.29, 0.717) is 67.3 Å². The summed E-state index contributed by atoms with van der Waals surface area (Å²) in [4.78, 5) is 81.3. The number of amides is 4. The molecule has 1 unspecified atom stereocenters. The van der Waals surface area contributed by atoms with E-state index in [2.05, 4.69) is 78.6 Å². The highest BCUT2D eigenvalue weighted by Gasteiger charge is 2.46. The molecule has 20 heteroatoms. The van der Waals surface area contributed by atoms with Gasteiger partial charge >= 0.3 is 0 Å². The quantitative estimate of drug-likeness (QED) is 0.0751. The van der Waals surface area contributed by atoms with Gasteiger partial charge in [-0.15, -0.1) is 0 Å². The van der Waals surface area contributed by atoms with E-state index in [1.165, 1.54) is 49.9 Å². The Kier molecular flexibility index (Phi) is 14.1. The van der Waals surface area contributed by atoms with Gasteiger partial charge in [-0.3, -0.25) is 39.4 Å². The molecule has 1 saturated carbocycles. The minimum atomic E-state index is -2.78. The molecule has 18 nitrogen and oxygen atoms in total. The van der Waals surface area contributed by atoms with Gasteiger partial charge in [0.05, 0.1) is 44.9 Å². The number of methoxy groups -OCH3 is 1. The van der Waals surface area contributed by atoms with Crippen LogP contribution in [0.15, 0.2) is 65.5 Å². The number of nitrogens with zero attached hydrogens (tertiary/aromatic N) is 9. The van der Waals surface area contributed by atoms with E-state index >= 15 is 0 Å². The number of nitrogens with one attached hydrogen (secondary N) is 3. The molecule has 6 aliphatic heterocycles. The number of benzene rings is 3.